The number of carbonyl (C=O) groups excluding carboxylic acids is 8. The van der Waals surface area contributed by atoms with Crippen molar-refractivity contribution in [2.24, 2.45) is 10.9 Å². The van der Waals surface area contributed by atoms with Gasteiger partial charge in [0.05, 0.1) is 66.8 Å². The molecule has 24 heteroatoms. The highest BCUT2D eigenvalue weighted by Crippen LogP contribution is 2.43. The maximum absolute atomic E-state index is 14.8. The fraction of sp³-hybridized carbons (Fsp3) is 0.343. The number of hydrogen-bond donors (Lipinski definition) is 5. The smallest absolute Gasteiger partial charge is 0.416 e. The van der Waals surface area contributed by atoms with Crippen molar-refractivity contribution in [2.75, 3.05) is 31.0 Å². The lowest BCUT2D eigenvalue weighted by Gasteiger charge is -2.39. The second-order valence-corrected chi connectivity index (χ2v) is 24.0. The molecule has 1 aromatic heterocycles. The largest absolute Gasteiger partial charge is 0.493 e. The molecule has 0 radical (unpaired) electrons. The Hall–Kier alpha value is -10.5. The molecular weight excluding hydrogens is 1210 g/mol. The number of aliphatic hydroxyl groups is 2. The Morgan fingerprint density at radius 1 is 0.649 bits per heavy atom. The molecule has 5 N–H and O–H groups in total. The first-order valence-electron chi connectivity index (χ1n) is 31.1. The van der Waals surface area contributed by atoms with Crippen molar-refractivity contribution in [1.82, 2.24) is 30.3 Å². The summed E-state index contributed by atoms with van der Waals surface area (Å²) < 4.78 is 30.2. The maximum Gasteiger partial charge on any atom is 0.416 e. The summed E-state index contributed by atoms with van der Waals surface area (Å²) in [5.41, 5.74) is 6.95. The molecule has 0 bridgehead atoms. The van der Waals surface area contributed by atoms with E-state index < -0.39 is 48.2 Å². The minimum atomic E-state index is -1.63. The molecule has 2 unspecified atom stereocenters. The number of amides is 8. The van der Waals surface area contributed by atoms with Gasteiger partial charge in [-0.05, 0) is 108 Å². The number of rotatable bonds is 23. The number of anilines is 2. The topological polar surface area (TPSA) is 297 Å². The maximum atomic E-state index is 14.8. The molecule has 6 heterocycles. The van der Waals surface area contributed by atoms with Crippen molar-refractivity contribution in [3.05, 3.63) is 177 Å². The highest BCUT2D eigenvalue weighted by atomic mass is 16.6. The standard InChI is InChI=1S/C70H73N9O15/c1-40(2)64(75-61(81)17-7-6-12-24-76-62(82)22-23-63(76)83)66(85)72-41(3)65(84)74-48-20-18-42(19-21-48)37-94-70(89)79-55-32-60(58(91-5)30-53(55)68(87)78-35-47-16-11-9-14-45(47)28-56(78)69(79)88)93-39-50-26-43(36-80)25-49(73-50)38-92-59-31-54-52(29-57(59)90-4)67(86)77-34-46-15-10-8-13-44(46)27-51(77)33-71-54/h8-11,13-16,18-23,25-26,29-33,40-41,51,56,64,69,80,88H,6-7,12,17,24,27-28,34-39H2,1-5H3,(H,72,85)(H,74,84)(H,75,81)/t41-,51-,56?,64-,69?/m0/s1. The predicted octanol–water partition coefficient (Wildman–Crippen LogP) is 7.14. The Kier molecular flexibility index (Phi) is 19.8. The lowest BCUT2D eigenvalue weighted by atomic mass is 9.93. The molecule has 488 valence electrons. The molecule has 5 aromatic carbocycles. The number of benzene rings is 5. The normalized spacial score (nSPS) is 17.5. The number of aliphatic hydroxyl groups excluding tert-OH is 2. The van der Waals surface area contributed by atoms with Crippen LogP contribution in [0.15, 0.2) is 126 Å². The van der Waals surface area contributed by atoms with Crippen LogP contribution in [0.5, 0.6) is 23.0 Å². The van der Waals surface area contributed by atoms with Gasteiger partial charge in [0.2, 0.25) is 17.7 Å². The average Bonchev–Trinajstić information content (AvgIpc) is 2.12. The Morgan fingerprint density at radius 2 is 1.26 bits per heavy atom. The monoisotopic (exact) mass is 1280 g/mol. The van der Waals surface area contributed by atoms with Crippen LogP contribution in [0.3, 0.4) is 0 Å². The molecule has 5 aliphatic rings. The van der Waals surface area contributed by atoms with Crippen LogP contribution in [0.1, 0.15) is 112 Å². The van der Waals surface area contributed by atoms with Crippen LogP contribution < -0.4 is 39.8 Å². The van der Waals surface area contributed by atoms with Gasteiger partial charge in [0, 0.05) is 62.2 Å². The van der Waals surface area contributed by atoms with Gasteiger partial charge in [0.1, 0.15) is 31.9 Å². The zero-order valence-corrected chi connectivity index (χ0v) is 52.7. The highest BCUT2D eigenvalue weighted by Gasteiger charge is 2.46. The summed E-state index contributed by atoms with van der Waals surface area (Å²) in [5, 5.41) is 31.1. The minimum absolute atomic E-state index is 0.0242. The molecule has 8 amide bonds. The molecule has 94 heavy (non-hydrogen) atoms. The Bertz CT molecular complexity index is 3980. The zero-order valence-electron chi connectivity index (χ0n) is 52.7. The van der Waals surface area contributed by atoms with Gasteiger partial charge < -0.3 is 59.6 Å². The van der Waals surface area contributed by atoms with Gasteiger partial charge in [0.15, 0.2) is 29.2 Å². The number of unbranched alkanes of at least 4 members (excludes halogenated alkanes) is 2. The van der Waals surface area contributed by atoms with Gasteiger partial charge in [-0.25, -0.2) is 9.69 Å². The van der Waals surface area contributed by atoms with E-state index in [4.69, 9.17) is 33.7 Å². The Balaban J connectivity index is 0.748. The van der Waals surface area contributed by atoms with E-state index in [2.05, 4.69) is 22.0 Å². The molecule has 0 spiro atoms. The van der Waals surface area contributed by atoms with Crippen LogP contribution >= 0.6 is 0 Å². The molecule has 6 aromatic rings. The summed E-state index contributed by atoms with van der Waals surface area (Å²) in [5.74, 6) is -2.32. The molecular formula is C70H73N9O15. The number of pyridine rings is 1. The van der Waals surface area contributed by atoms with Gasteiger partial charge in [-0.2, -0.15) is 0 Å². The highest BCUT2D eigenvalue weighted by molar-refractivity contribution is 6.13. The lowest BCUT2D eigenvalue weighted by molar-refractivity contribution is -0.137. The fourth-order valence-electron chi connectivity index (χ4n) is 12.2. The number of methoxy groups -OCH3 is 2. The minimum Gasteiger partial charge on any atom is -0.493 e. The fourth-order valence-corrected chi connectivity index (χ4v) is 12.2. The van der Waals surface area contributed by atoms with E-state index in [1.165, 1.54) is 55.9 Å². The zero-order chi connectivity index (χ0) is 66.3. The summed E-state index contributed by atoms with van der Waals surface area (Å²) in [4.78, 5) is 122. The number of nitrogens with one attached hydrogen (secondary N) is 3. The second-order valence-electron chi connectivity index (χ2n) is 24.0. The molecule has 11 rings (SSSR count). The predicted molar refractivity (Wildman–Crippen MR) is 343 cm³/mol. The van der Waals surface area contributed by atoms with E-state index in [0.717, 1.165) is 26.5 Å². The van der Waals surface area contributed by atoms with E-state index in [1.807, 2.05) is 47.4 Å². The van der Waals surface area contributed by atoms with Crippen molar-refractivity contribution in [2.45, 2.75) is 129 Å². The molecule has 0 aliphatic carbocycles. The van der Waals surface area contributed by atoms with Crippen LogP contribution in [-0.4, -0.2) is 135 Å². The third-order valence-electron chi connectivity index (χ3n) is 17.3. The first-order valence-corrected chi connectivity index (χ1v) is 31.1. The van der Waals surface area contributed by atoms with Crippen LogP contribution in [0.2, 0.25) is 0 Å². The van der Waals surface area contributed by atoms with E-state index >= 15 is 0 Å². The van der Waals surface area contributed by atoms with Crippen molar-refractivity contribution in [3.8, 4) is 23.0 Å². The van der Waals surface area contributed by atoms with Crippen molar-refractivity contribution >= 4 is 70.7 Å². The first kappa shape index (κ1) is 65.0. The van der Waals surface area contributed by atoms with Crippen LogP contribution in [-0.2, 0) is 81.1 Å². The van der Waals surface area contributed by atoms with Crippen molar-refractivity contribution < 1.29 is 72.3 Å². The molecule has 5 aliphatic heterocycles. The third-order valence-corrected chi connectivity index (χ3v) is 17.3. The average molecular weight is 1280 g/mol. The molecule has 0 saturated carbocycles. The van der Waals surface area contributed by atoms with Crippen LogP contribution in [0, 0.1) is 5.92 Å². The summed E-state index contributed by atoms with van der Waals surface area (Å²) in [6.07, 6.45) is 4.18. The van der Waals surface area contributed by atoms with Gasteiger partial charge in [0.25, 0.3) is 23.6 Å². The summed E-state index contributed by atoms with van der Waals surface area (Å²) in [7, 11) is 2.88. The van der Waals surface area contributed by atoms with Gasteiger partial charge in [-0.1, -0.05) is 80.9 Å². The number of fused-ring (bicyclic) bond motifs is 6. The van der Waals surface area contributed by atoms with E-state index in [1.54, 1.807) is 68.6 Å². The number of hydrogen-bond acceptors (Lipinski definition) is 17. The van der Waals surface area contributed by atoms with Crippen molar-refractivity contribution in [1.29, 1.82) is 0 Å². The summed E-state index contributed by atoms with van der Waals surface area (Å²) in [6.45, 7) is 4.93. The Morgan fingerprint density at radius 3 is 1.89 bits per heavy atom. The molecule has 0 fully saturated rings. The number of ether oxygens (including phenoxy) is 5. The quantitative estimate of drug-likeness (QED) is 0.0314. The van der Waals surface area contributed by atoms with E-state index in [9.17, 15) is 48.6 Å². The number of imide groups is 1. The lowest BCUT2D eigenvalue weighted by Crippen LogP contribution is -2.55. The van der Waals surface area contributed by atoms with Gasteiger partial charge >= 0.3 is 6.09 Å². The Labute approximate surface area is 542 Å². The number of carbonyl (C=O) groups is 8. The SMILES string of the molecule is COc1cc2c(cc1OCc1cc(CO)cc(COc3cc4c(cc3OC)C(=O)N3Cc5ccccc5CC3C(O)N4C(=O)OCc3ccc(NC(=O)[C@H](C)NC(=O)[C@@H](NC(=O)CCCCCN4C(=O)C=CC4=O)C(C)C)cc3)n1)N=C[C@@H]1Cc3ccccc3CN1C2=O. The summed E-state index contributed by atoms with van der Waals surface area (Å²) in [6, 6.07) is 28.4. The van der Waals surface area contributed by atoms with Crippen molar-refractivity contribution in [3.63, 3.8) is 0 Å². The van der Waals surface area contributed by atoms with E-state index in [0.29, 0.717) is 83.2 Å². The molecule has 5 atom stereocenters. The van der Waals surface area contributed by atoms with E-state index in [-0.39, 0.29) is 111 Å². The molecule has 0 saturated heterocycles. The number of nitrogens with zero attached hydrogens (tertiary/aromatic N) is 6. The third kappa shape index (κ3) is 14.3. The number of aliphatic imine (C=N–C) groups is 1. The number of aromatic nitrogens is 1. The molecule has 24 nitrogen and oxygen atoms in total. The van der Waals surface area contributed by atoms with Gasteiger partial charge in [-0.3, -0.25) is 48.4 Å². The first-order chi connectivity index (χ1) is 45.4. The van der Waals surface area contributed by atoms with Gasteiger partial charge in [-0.15, -0.1) is 0 Å². The van der Waals surface area contributed by atoms with Crippen LogP contribution in [0.25, 0.3) is 0 Å². The second kappa shape index (κ2) is 28.6. The summed E-state index contributed by atoms with van der Waals surface area (Å²) >= 11 is 0. The van der Waals surface area contributed by atoms with Crippen LogP contribution in [0.4, 0.5) is 21.9 Å².